The third kappa shape index (κ3) is 4.07. The van der Waals surface area contributed by atoms with E-state index < -0.39 is 0 Å². The van der Waals surface area contributed by atoms with E-state index >= 15 is 0 Å². The first kappa shape index (κ1) is 15.5. The summed E-state index contributed by atoms with van der Waals surface area (Å²) in [6, 6.07) is 11.6. The first-order chi connectivity index (χ1) is 11.2. The zero-order chi connectivity index (χ0) is 16.1. The molecule has 1 aromatic carbocycles. The summed E-state index contributed by atoms with van der Waals surface area (Å²) in [6.07, 6.45) is 4.86. The summed E-state index contributed by atoms with van der Waals surface area (Å²) in [5.41, 5.74) is 1.86. The minimum absolute atomic E-state index is 0.114. The molecule has 1 fully saturated rings. The molecule has 0 unspecified atom stereocenters. The maximum atomic E-state index is 11.8. The summed E-state index contributed by atoms with van der Waals surface area (Å²) in [5, 5.41) is 4.84. The summed E-state index contributed by atoms with van der Waals surface area (Å²) < 4.78 is 0. The van der Waals surface area contributed by atoms with Crippen molar-refractivity contribution < 1.29 is 9.59 Å². The number of rotatable bonds is 5. The number of benzene rings is 1. The number of nitrogens with zero attached hydrogens (tertiary/aromatic N) is 1. The van der Waals surface area contributed by atoms with Crippen LogP contribution in [0.5, 0.6) is 0 Å². The predicted molar refractivity (Wildman–Crippen MR) is 93.2 cm³/mol. The van der Waals surface area contributed by atoms with Gasteiger partial charge in [0.2, 0.25) is 11.8 Å². The lowest BCUT2D eigenvalue weighted by molar-refractivity contribution is -0.117. The molecule has 0 atom stereocenters. The molecular weight excluding hydrogens is 308 g/mol. The Morgan fingerprint density at radius 3 is 2.74 bits per heavy atom. The molecule has 1 aliphatic heterocycles. The van der Waals surface area contributed by atoms with Crippen molar-refractivity contribution in [2.24, 2.45) is 0 Å². The van der Waals surface area contributed by atoms with Crippen molar-refractivity contribution in [3.05, 3.63) is 58.3 Å². The van der Waals surface area contributed by atoms with E-state index in [4.69, 9.17) is 0 Å². The maximum Gasteiger partial charge on any atom is 0.244 e. The highest BCUT2D eigenvalue weighted by Gasteiger charge is 2.21. The number of hydrogen-bond acceptors (Lipinski definition) is 3. The second-order valence-corrected chi connectivity index (χ2v) is 6.40. The quantitative estimate of drug-likeness (QED) is 0.858. The van der Waals surface area contributed by atoms with E-state index in [9.17, 15) is 9.59 Å². The van der Waals surface area contributed by atoms with Gasteiger partial charge in [0.1, 0.15) is 0 Å². The lowest BCUT2D eigenvalue weighted by Crippen LogP contribution is -2.23. The highest BCUT2D eigenvalue weighted by atomic mass is 32.1. The normalized spacial score (nSPS) is 14.6. The molecule has 1 aliphatic rings. The number of thiophene rings is 1. The van der Waals surface area contributed by atoms with E-state index in [-0.39, 0.29) is 11.8 Å². The Kier molecular flexibility index (Phi) is 4.88. The van der Waals surface area contributed by atoms with Gasteiger partial charge in [-0.3, -0.25) is 9.59 Å². The van der Waals surface area contributed by atoms with Crippen LogP contribution < -0.4 is 10.2 Å². The molecule has 2 amide bonds. The molecule has 0 radical (unpaired) electrons. The SMILES string of the molecule is O=C(/C=C/c1ccc(N2CCCC2=O)cc1)NCc1cccs1. The van der Waals surface area contributed by atoms with E-state index in [1.807, 2.05) is 41.8 Å². The van der Waals surface area contributed by atoms with Crippen LogP contribution >= 0.6 is 11.3 Å². The van der Waals surface area contributed by atoms with Gasteiger partial charge in [-0.15, -0.1) is 11.3 Å². The van der Waals surface area contributed by atoms with Crippen LogP contribution in [0.15, 0.2) is 47.9 Å². The van der Waals surface area contributed by atoms with Gasteiger partial charge in [-0.1, -0.05) is 18.2 Å². The molecule has 0 bridgehead atoms. The Labute approximate surface area is 139 Å². The largest absolute Gasteiger partial charge is 0.348 e. The summed E-state index contributed by atoms with van der Waals surface area (Å²) >= 11 is 1.62. The van der Waals surface area contributed by atoms with Gasteiger partial charge in [-0.25, -0.2) is 0 Å². The van der Waals surface area contributed by atoms with Gasteiger partial charge in [-0.2, -0.15) is 0 Å². The molecule has 1 aromatic heterocycles. The van der Waals surface area contributed by atoms with E-state index in [0.717, 1.165) is 29.1 Å². The fourth-order valence-electron chi connectivity index (χ4n) is 2.50. The van der Waals surface area contributed by atoms with Crippen molar-refractivity contribution in [3.8, 4) is 0 Å². The van der Waals surface area contributed by atoms with Crippen LogP contribution in [0.2, 0.25) is 0 Å². The van der Waals surface area contributed by atoms with Gasteiger partial charge in [0, 0.05) is 29.6 Å². The molecule has 0 spiro atoms. The molecule has 5 heteroatoms. The molecule has 23 heavy (non-hydrogen) atoms. The van der Waals surface area contributed by atoms with E-state index in [2.05, 4.69) is 5.32 Å². The minimum Gasteiger partial charge on any atom is -0.348 e. The Morgan fingerprint density at radius 2 is 2.09 bits per heavy atom. The first-order valence-corrected chi connectivity index (χ1v) is 8.49. The maximum absolute atomic E-state index is 11.8. The summed E-state index contributed by atoms with van der Waals surface area (Å²) in [6.45, 7) is 1.34. The van der Waals surface area contributed by atoms with Crippen molar-refractivity contribution in [1.29, 1.82) is 0 Å². The molecular formula is C18H18N2O2S. The van der Waals surface area contributed by atoms with E-state index in [1.54, 1.807) is 22.3 Å². The summed E-state index contributed by atoms with van der Waals surface area (Å²) in [4.78, 5) is 26.4. The van der Waals surface area contributed by atoms with Crippen molar-refractivity contribution in [2.75, 3.05) is 11.4 Å². The number of amides is 2. The fraction of sp³-hybridized carbons (Fsp3) is 0.222. The zero-order valence-electron chi connectivity index (χ0n) is 12.7. The van der Waals surface area contributed by atoms with E-state index in [1.165, 1.54) is 6.08 Å². The van der Waals surface area contributed by atoms with Gasteiger partial charge in [0.15, 0.2) is 0 Å². The number of nitrogens with one attached hydrogen (secondary N) is 1. The Morgan fingerprint density at radius 1 is 1.26 bits per heavy atom. The molecule has 2 aromatic rings. The van der Waals surface area contributed by atoms with Crippen molar-refractivity contribution >= 4 is 34.9 Å². The fourth-order valence-corrected chi connectivity index (χ4v) is 3.15. The molecule has 1 saturated heterocycles. The molecule has 2 heterocycles. The van der Waals surface area contributed by atoms with Crippen LogP contribution in [-0.2, 0) is 16.1 Å². The van der Waals surface area contributed by atoms with Crippen LogP contribution in [0, 0.1) is 0 Å². The van der Waals surface area contributed by atoms with Gasteiger partial charge in [-0.05, 0) is 41.6 Å². The standard InChI is InChI=1S/C18H18N2O2S/c21-17(19-13-16-3-2-12-23-16)10-7-14-5-8-15(9-6-14)20-11-1-4-18(20)22/h2-3,5-10,12H,1,4,11,13H2,(H,19,21)/b10-7+. The zero-order valence-corrected chi connectivity index (χ0v) is 13.5. The average Bonchev–Trinajstić information content (AvgIpc) is 3.23. The van der Waals surface area contributed by atoms with Gasteiger partial charge in [0.05, 0.1) is 6.54 Å². The van der Waals surface area contributed by atoms with Gasteiger partial charge >= 0.3 is 0 Å². The Hall–Kier alpha value is -2.40. The highest BCUT2D eigenvalue weighted by Crippen LogP contribution is 2.21. The lowest BCUT2D eigenvalue weighted by atomic mass is 10.2. The third-order valence-corrected chi connectivity index (χ3v) is 4.60. The topological polar surface area (TPSA) is 49.4 Å². The second kappa shape index (κ2) is 7.24. The number of hydrogen-bond donors (Lipinski definition) is 1. The second-order valence-electron chi connectivity index (χ2n) is 5.37. The Balaban J connectivity index is 1.55. The van der Waals surface area contributed by atoms with Gasteiger partial charge in [0.25, 0.3) is 0 Å². The number of carbonyl (C=O) groups is 2. The monoisotopic (exact) mass is 326 g/mol. The Bertz CT molecular complexity index is 705. The third-order valence-electron chi connectivity index (χ3n) is 3.72. The van der Waals surface area contributed by atoms with Crippen molar-refractivity contribution in [1.82, 2.24) is 5.32 Å². The molecule has 4 nitrogen and oxygen atoms in total. The highest BCUT2D eigenvalue weighted by molar-refractivity contribution is 7.09. The van der Waals surface area contributed by atoms with E-state index in [0.29, 0.717) is 13.0 Å². The van der Waals surface area contributed by atoms with Gasteiger partial charge < -0.3 is 10.2 Å². The molecule has 3 rings (SSSR count). The van der Waals surface area contributed by atoms with Crippen LogP contribution in [-0.4, -0.2) is 18.4 Å². The number of carbonyl (C=O) groups excluding carboxylic acids is 2. The molecule has 1 N–H and O–H groups in total. The predicted octanol–water partition coefficient (Wildman–Crippen LogP) is 3.20. The molecule has 0 saturated carbocycles. The average molecular weight is 326 g/mol. The van der Waals surface area contributed by atoms with Crippen molar-refractivity contribution in [2.45, 2.75) is 19.4 Å². The van der Waals surface area contributed by atoms with Crippen LogP contribution in [0.25, 0.3) is 6.08 Å². The van der Waals surface area contributed by atoms with Crippen LogP contribution in [0.4, 0.5) is 5.69 Å². The smallest absolute Gasteiger partial charge is 0.244 e. The van der Waals surface area contributed by atoms with Crippen LogP contribution in [0.3, 0.4) is 0 Å². The van der Waals surface area contributed by atoms with Crippen LogP contribution in [0.1, 0.15) is 23.3 Å². The minimum atomic E-state index is -0.114. The number of anilines is 1. The summed E-state index contributed by atoms with van der Waals surface area (Å²) in [5.74, 6) is 0.0680. The summed E-state index contributed by atoms with van der Waals surface area (Å²) in [7, 11) is 0. The molecule has 0 aliphatic carbocycles. The lowest BCUT2D eigenvalue weighted by Gasteiger charge is -2.15. The first-order valence-electron chi connectivity index (χ1n) is 7.61. The molecule has 118 valence electrons. The van der Waals surface area contributed by atoms with Crippen molar-refractivity contribution in [3.63, 3.8) is 0 Å².